The number of ether oxygens (including phenoxy) is 1. The van der Waals surface area contributed by atoms with Crippen LogP contribution in [0.5, 0.6) is 0 Å². The monoisotopic (exact) mass is 252 g/mol. The molecule has 0 fully saturated rings. The van der Waals surface area contributed by atoms with Crippen LogP contribution < -0.4 is 0 Å². The highest BCUT2D eigenvalue weighted by Crippen LogP contribution is 2.13. The molecular weight excluding hydrogens is 224 g/mol. The second kappa shape index (κ2) is 10.2. The minimum Gasteiger partial charge on any atom is -0.466 e. The van der Waals surface area contributed by atoms with Crippen molar-refractivity contribution in [2.45, 2.75) is 71.1 Å². The van der Waals surface area contributed by atoms with Crippen LogP contribution >= 0.6 is 0 Å². The molecule has 2 nitrogen and oxygen atoms in total. The fourth-order valence-electron chi connectivity index (χ4n) is 2.27. The van der Waals surface area contributed by atoms with Crippen LogP contribution in [0.15, 0.2) is 12.2 Å². The zero-order valence-electron chi connectivity index (χ0n) is 11.8. The second-order valence-corrected chi connectivity index (χ2v) is 5.47. The normalized spacial score (nSPS) is 27.4. The molecule has 0 amide bonds. The highest BCUT2D eigenvalue weighted by molar-refractivity contribution is 5.69. The van der Waals surface area contributed by atoms with E-state index in [-0.39, 0.29) is 5.97 Å². The molecule has 1 rings (SSSR count). The van der Waals surface area contributed by atoms with Crippen LogP contribution in [0.3, 0.4) is 0 Å². The van der Waals surface area contributed by atoms with Crippen LogP contribution in [0, 0.1) is 5.92 Å². The maximum Gasteiger partial charge on any atom is 0.305 e. The van der Waals surface area contributed by atoms with Gasteiger partial charge >= 0.3 is 5.97 Å². The Morgan fingerprint density at radius 2 is 1.72 bits per heavy atom. The summed E-state index contributed by atoms with van der Waals surface area (Å²) in [6.45, 7) is 2.84. The molecule has 1 atom stereocenters. The summed E-state index contributed by atoms with van der Waals surface area (Å²) in [5, 5.41) is 0. The lowest BCUT2D eigenvalue weighted by molar-refractivity contribution is -0.144. The van der Waals surface area contributed by atoms with Gasteiger partial charge in [-0.1, -0.05) is 38.3 Å². The predicted octanol–water partition coefficient (Wildman–Crippen LogP) is 4.64. The smallest absolute Gasteiger partial charge is 0.305 e. The highest BCUT2D eigenvalue weighted by Gasteiger charge is 2.05. The van der Waals surface area contributed by atoms with Crippen molar-refractivity contribution >= 4 is 5.97 Å². The number of allylic oxidation sites excluding steroid dienone is 2. The van der Waals surface area contributed by atoms with Crippen molar-refractivity contribution in [2.24, 2.45) is 5.92 Å². The summed E-state index contributed by atoms with van der Waals surface area (Å²) >= 11 is 0. The Balaban J connectivity index is 2.27. The van der Waals surface area contributed by atoms with Crippen molar-refractivity contribution in [3.05, 3.63) is 12.2 Å². The van der Waals surface area contributed by atoms with Gasteiger partial charge < -0.3 is 4.74 Å². The Morgan fingerprint density at radius 1 is 1.00 bits per heavy atom. The maximum absolute atomic E-state index is 11.4. The molecule has 0 aromatic rings. The Hall–Kier alpha value is -0.790. The number of cyclic esters (lactones) is 1. The van der Waals surface area contributed by atoms with Gasteiger partial charge in [-0.3, -0.25) is 4.79 Å². The Morgan fingerprint density at radius 3 is 2.61 bits per heavy atom. The van der Waals surface area contributed by atoms with E-state index in [0.717, 1.165) is 25.7 Å². The zero-order chi connectivity index (χ0) is 13.1. The van der Waals surface area contributed by atoms with Crippen molar-refractivity contribution in [1.29, 1.82) is 0 Å². The lowest BCUT2D eigenvalue weighted by atomic mass is 10.0. The largest absolute Gasteiger partial charge is 0.466 e. The summed E-state index contributed by atoms with van der Waals surface area (Å²) in [6, 6.07) is 0. The topological polar surface area (TPSA) is 26.3 Å². The lowest BCUT2D eigenvalue weighted by Gasteiger charge is -2.10. The van der Waals surface area contributed by atoms with Gasteiger partial charge in [-0.15, -0.1) is 0 Å². The van der Waals surface area contributed by atoms with Gasteiger partial charge in [0, 0.05) is 6.42 Å². The molecule has 18 heavy (non-hydrogen) atoms. The first-order chi connectivity index (χ1) is 8.79. The molecule has 2 heteroatoms. The second-order valence-electron chi connectivity index (χ2n) is 5.47. The Labute approximate surface area is 112 Å². The van der Waals surface area contributed by atoms with E-state index >= 15 is 0 Å². The number of esters is 1. The molecule has 0 aromatic heterocycles. The van der Waals surface area contributed by atoms with Crippen LogP contribution in [0.4, 0.5) is 0 Å². The summed E-state index contributed by atoms with van der Waals surface area (Å²) in [5.74, 6) is 0.643. The number of carbonyl (C=O) groups is 1. The van der Waals surface area contributed by atoms with Crippen LogP contribution in [-0.2, 0) is 9.53 Å². The third-order valence-electron chi connectivity index (χ3n) is 3.62. The van der Waals surface area contributed by atoms with Gasteiger partial charge in [0.25, 0.3) is 0 Å². The Bertz CT molecular complexity index is 245. The van der Waals surface area contributed by atoms with E-state index in [4.69, 9.17) is 4.74 Å². The maximum atomic E-state index is 11.4. The summed E-state index contributed by atoms with van der Waals surface area (Å²) < 4.78 is 5.26. The third-order valence-corrected chi connectivity index (χ3v) is 3.62. The molecule has 1 unspecified atom stereocenters. The van der Waals surface area contributed by atoms with Crippen LogP contribution in [0.1, 0.15) is 71.1 Å². The first-order valence-electron chi connectivity index (χ1n) is 7.59. The molecule has 0 radical (unpaired) electrons. The molecule has 1 heterocycles. The van der Waals surface area contributed by atoms with Gasteiger partial charge in [0.05, 0.1) is 6.61 Å². The summed E-state index contributed by atoms with van der Waals surface area (Å²) in [7, 11) is 0. The number of hydrogen-bond acceptors (Lipinski definition) is 2. The molecule has 0 aliphatic carbocycles. The average molecular weight is 252 g/mol. The van der Waals surface area contributed by atoms with Gasteiger partial charge in [-0.25, -0.2) is 0 Å². The summed E-state index contributed by atoms with van der Waals surface area (Å²) in [5.41, 5.74) is 0. The van der Waals surface area contributed by atoms with E-state index in [1.807, 2.05) is 0 Å². The lowest BCUT2D eigenvalue weighted by Crippen LogP contribution is -2.08. The molecule has 0 saturated carbocycles. The number of carbonyl (C=O) groups excluding carboxylic acids is 1. The van der Waals surface area contributed by atoms with Crippen LogP contribution in [0.2, 0.25) is 0 Å². The minimum absolute atomic E-state index is 0.00538. The molecule has 0 bridgehead atoms. The van der Waals surface area contributed by atoms with Crippen LogP contribution in [0.25, 0.3) is 0 Å². The highest BCUT2D eigenvalue weighted by atomic mass is 16.5. The first kappa shape index (κ1) is 15.3. The summed E-state index contributed by atoms with van der Waals surface area (Å²) in [6.07, 6.45) is 15.8. The third kappa shape index (κ3) is 8.32. The Kier molecular flexibility index (Phi) is 8.62. The number of rotatable bonds is 0. The van der Waals surface area contributed by atoms with E-state index < -0.39 is 0 Å². The average Bonchev–Trinajstić information content (AvgIpc) is 2.34. The van der Waals surface area contributed by atoms with E-state index in [1.165, 1.54) is 32.1 Å². The predicted molar refractivity (Wildman–Crippen MR) is 75.4 cm³/mol. The molecule has 0 saturated heterocycles. The van der Waals surface area contributed by atoms with Gasteiger partial charge in [0.15, 0.2) is 0 Å². The first-order valence-corrected chi connectivity index (χ1v) is 7.59. The van der Waals surface area contributed by atoms with Crippen molar-refractivity contribution in [1.82, 2.24) is 0 Å². The van der Waals surface area contributed by atoms with E-state index in [9.17, 15) is 4.79 Å². The van der Waals surface area contributed by atoms with Crippen LogP contribution in [-0.4, -0.2) is 12.6 Å². The van der Waals surface area contributed by atoms with Crippen molar-refractivity contribution in [3.8, 4) is 0 Å². The minimum atomic E-state index is -0.00538. The quantitative estimate of drug-likeness (QED) is 0.464. The van der Waals surface area contributed by atoms with Crippen molar-refractivity contribution < 1.29 is 9.53 Å². The fraction of sp³-hybridized carbons (Fsp3) is 0.812. The van der Waals surface area contributed by atoms with Crippen molar-refractivity contribution in [2.75, 3.05) is 6.61 Å². The molecule has 0 aromatic carbocycles. The van der Waals surface area contributed by atoms with Gasteiger partial charge in [-0.05, 0) is 44.4 Å². The van der Waals surface area contributed by atoms with Gasteiger partial charge in [0.2, 0.25) is 0 Å². The zero-order valence-corrected chi connectivity index (χ0v) is 11.8. The molecule has 1 aliphatic rings. The number of hydrogen-bond donors (Lipinski definition) is 0. The molecule has 104 valence electrons. The molecule has 0 spiro atoms. The van der Waals surface area contributed by atoms with Gasteiger partial charge in [0.1, 0.15) is 0 Å². The molecular formula is C16H28O2. The summed E-state index contributed by atoms with van der Waals surface area (Å²) in [4.78, 5) is 11.4. The van der Waals surface area contributed by atoms with Crippen molar-refractivity contribution in [3.63, 3.8) is 0 Å². The van der Waals surface area contributed by atoms with E-state index in [2.05, 4.69) is 19.1 Å². The standard InChI is InChI=1S/C16H28O2/c1-15-11-9-7-5-3-2-4-6-8-10-12-16(17)18-14-13-15/h5,7,15H,2-4,6,8-14H2,1H3/b7-5-. The fourth-order valence-corrected chi connectivity index (χ4v) is 2.27. The molecule has 1 aliphatic heterocycles. The van der Waals surface area contributed by atoms with Gasteiger partial charge in [-0.2, -0.15) is 0 Å². The SMILES string of the molecule is CC1CC/C=C\CCCCCCCC(=O)OCC1. The van der Waals surface area contributed by atoms with E-state index in [1.54, 1.807) is 0 Å². The van der Waals surface area contributed by atoms with E-state index in [0.29, 0.717) is 18.9 Å². The molecule has 0 N–H and O–H groups in total.